The van der Waals surface area contributed by atoms with Gasteiger partial charge >= 0.3 is 5.97 Å². The number of methoxy groups -OCH3 is 1. The quantitative estimate of drug-likeness (QED) is 0.639. The standard InChI is InChI=1S/C18H16O3/c1-14-10-11-16(13-17(14)20-2)18(19)21-12-6-9-15-7-4-3-5-8-15/h3-5,7-8,10-11,13H,12H2,1-2H3. The number of esters is 1. The second kappa shape index (κ2) is 7.16. The van der Waals surface area contributed by atoms with E-state index in [9.17, 15) is 4.79 Å². The number of benzene rings is 2. The van der Waals surface area contributed by atoms with E-state index in [0.29, 0.717) is 11.3 Å². The van der Waals surface area contributed by atoms with Gasteiger partial charge in [0.05, 0.1) is 12.7 Å². The lowest BCUT2D eigenvalue weighted by Crippen LogP contribution is -2.06. The van der Waals surface area contributed by atoms with Gasteiger partial charge in [0.2, 0.25) is 0 Å². The molecule has 2 aromatic rings. The first kappa shape index (κ1) is 14.7. The van der Waals surface area contributed by atoms with Crippen LogP contribution in [0.1, 0.15) is 21.5 Å². The first-order chi connectivity index (χ1) is 10.2. The highest BCUT2D eigenvalue weighted by molar-refractivity contribution is 5.90. The van der Waals surface area contributed by atoms with Crippen molar-refractivity contribution in [2.24, 2.45) is 0 Å². The smallest absolute Gasteiger partial charge is 0.339 e. The van der Waals surface area contributed by atoms with Gasteiger partial charge in [-0.2, -0.15) is 0 Å². The number of hydrogen-bond donors (Lipinski definition) is 0. The topological polar surface area (TPSA) is 35.5 Å². The summed E-state index contributed by atoms with van der Waals surface area (Å²) >= 11 is 0. The Balaban J connectivity index is 1.95. The van der Waals surface area contributed by atoms with Crippen LogP contribution in [0, 0.1) is 18.8 Å². The van der Waals surface area contributed by atoms with Crippen LogP contribution in [0.5, 0.6) is 5.75 Å². The van der Waals surface area contributed by atoms with Gasteiger partial charge in [0.25, 0.3) is 0 Å². The molecule has 21 heavy (non-hydrogen) atoms. The zero-order valence-electron chi connectivity index (χ0n) is 12.1. The van der Waals surface area contributed by atoms with Gasteiger partial charge < -0.3 is 9.47 Å². The Morgan fingerprint density at radius 1 is 1.14 bits per heavy atom. The van der Waals surface area contributed by atoms with Crippen molar-refractivity contribution in [2.75, 3.05) is 13.7 Å². The average molecular weight is 280 g/mol. The van der Waals surface area contributed by atoms with Crippen LogP contribution < -0.4 is 4.74 Å². The van der Waals surface area contributed by atoms with E-state index < -0.39 is 5.97 Å². The van der Waals surface area contributed by atoms with E-state index in [1.54, 1.807) is 19.2 Å². The van der Waals surface area contributed by atoms with Crippen LogP contribution in [-0.4, -0.2) is 19.7 Å². The maximum atomic E-state index is 11.9. The molecule has 3 heteroatoms. The summed E-state index contributed by atoms with van der Waals surface area (Å²) < 4.78 is 10.3. The van der Waals surface area contributed by atoms with Crippen molar-refractivity contribution < 1.29 is 14.3 Å². The number of rotatable bonds is 3. The Kier molecular flexibility index (Phi) is 5.00. The van der Waals surface area contributed by atoms with E-state index in [1.165, 1.54) is 0 Å². The summed E-state index contributed by atoms with van der Waals surface area (Å²) in [5.74, 6) is 6.01. The van der Waals surface area contributed by atoms with Crippen LogP contribution in [0.4, 0.5) is 0 Å². The van der Waals surface area contributed by atoms with Gasteiger partial charge in [0.15, 0.2) is 6.61 Å². The minimum absolute atomic E-state index is 0.0594. The van der Waals surface area contributed by atoms with Crippen molar-refractivity contribution in [3.63, 3.8) is 0 Å². The van der Waals surface area contributed by atoms with Crippen molar-refractivity contribution in [3.05, 3.63) is 65.2 Å². The van der Waals surface area contributed by atoms with Crippen LogP contribution in [0.15, 0.2) is 48.5 Å². The third-order valence-electron chi connectivity index (χ3n) is 2.93. The van der Waals surface area contributed by atoms with Crippen LogP contribution >= 0.6 is 0 Å². The summed E-state index contributed by atoms with van der Waals surface area (Å²) in [6, 6.07) is 14.8. The number of ether oxygens (including phenoxy) is 2. The average Bonchev–Trinajstić information content (AvgIpc) is 2.53. The summed E-state index contributed by atoms with van der Waals surface area (Å²) in [6.45, 7) is 1.98. The number of aryl methyl sites for hydroxylation is 1. The highest BCUT2D eigenvalue weighted by atomic mass is 16.5. The molecule has 0 saturated heterocycles. The monoisotopic (exact) mass is 280 g/mol. The zero-order chi connectivity index (χ0) is 15.1. The lowest BCUT2D eigenvalue weighted by Gasteiger charge is -2.06. The predicted octanol–water partition coefficient (Wildman–Crippen LogP) is 3.21. The fourth-order valence-electron chi connectivity index (χ4n) is 1.79. The SMILES string of the molecule is COc1cc(C(=O)OCC#Cc2ccccc2)ccc1C. The predicted molar refractivity (Wildman–Crippen MR) is 81.3 cm³/mol. The van der Waals surface area contributed by atoms with Gasteiger partial charge in [-0.15, -0.1) is 0 Å². The maximum absolute atomic E-state index is 11.9. The molecule has 0 radical (unpaired) electrons. The Labute approximate surface area is 124 Å². The first-order valence-electron chi connectivity index (χ1n) is 6.56. The van der Waals surface area contributed by atoms with E-state index >= 15 is 0 Å². The molecule has 0 aromatic heterocycles. The molecule has 0 aliphatic carbocycles. The molecular formula is C18H16O3. The van der Waals surface area contributed by atoms with E-state index in [2.05, 4.69) is 11.8 Å². The summed E-state index contributed by atoms with van der Waals surface area (Å²) in [4.78, 5) is 11.9. The minimum atomic E-state index is -0.407. The highest BCUT2D eigenvalue weighted by Crippen LogP contribution is 2.19. The second-order valence-electron chi connectivity index (χ2n) is 4.43. The summed E-state index contributed by atoms with van der Waals surface area (Å²) in [5.41, 5.74) is 2.32. The van der Waals surface area contributed by atoms with Gasteiger partial charge in [-0.3, -0.25) is 0 Å². The number of carbonyl (C=O) groups is 1. The van der Waals surface area contributed by atoms with Crippen LogP contribution in [-0.2, 0) is 4.74 Å². The first-order valence-corrected chi connectivity index (χ1v) is 6.56. The Morgan fingerprint density at radius 2 is 1.90 bits per heavy atom. The zero-order valence-corrected chi connectivity index (χ0v) is 12.1. The number of carbonyl (C=O) groups excluding carboxylic acids is 1. The maximum Gasteiger partial charge on any atom is 0.339 e. The minimum Gasteiger partial charge on any atom is -0.496 e. The molecule has 0 unspecified atom stereocenters. The highest BCUT2D eigenvalue weighted by Gasteiger charge is 2.09. The molecule has 2 aromatic carbocycles. The van der Waals surface area contributed by atoms with E-state index in [0.717, 1.165) is 11.1 Å². The Hall–Kier alpha value is -2.73. The van der Waals surface area contributed by atoms with Gasteiger partial charge in [0.1, 0.15) is 5.75 Å². The molecule has 0 heterocycles. The fourth-order valence-corrected chi connectivity index (χ4v) is 1.79. The summed E-state index contributed by atoms with van der Waals surface area (Å²) in [5, 5.41) is 0. The van der Waals surface area contributed by atoms with Crippen molar-refractivity contribution in [1.82, 2.24) is 0 Å². The molecule has 0 saturated carbocycles. The molecular weight excluding hydrogens is 264 g/mol. The van der Waals surface area contributed by atoms with Crippen molar-refractivity contribution in [1.29, 1.82) is 0 Å². The molecule has 0 aliphatic rings. The van der Waals surface area contributed by atoms with Gasteiger partial charge in [-0.25, -0.2) is 4.79 Å². The van der Waals surface area contributed by atoms with Crippen LogP contribution in [0.2, 0.25) is 0 Å². The molecule has 0 aliphatic heterocycles. The third-order valence-corrected chi connectivity index (χ3v) is 2.93. The molecule has 0 fully saturated rings. The van der Waals surface area contributed by atoms with Crippen LogP contribution in [0.25, 0.3) is 0 Å². The van der Waals surface area contributed by atoms with Crippen LogP contribution in [0.3, 0.4) is 0 Å². The molecule has 0 N–H and O–H groups in total. The van der Waals surface area contributed by atoms with E-state index in [-0.39, 0.29) is 6.61 Å². The lowest BCUT2D eigenvalue weighted by atomic mass is 10.1. The Morgan fingerprint density at radius 3 is 2.62 bits per heavy atom. The lowest BCUT2D eigenvalue weighted by molar-refractivity contribution is 0.0556. The third kappa shape index (κ3) is 4.12. The summed E-state index contributed by atoms with van der Waals surface area (Å²) in [6.07, 6.45) is 0. The normalized spacial score (nSPS) is 9.43. The molecule has 0 amide bonds. The van der Waals surface area contributed by atoms with Gasteiger partial charge in [-0.1, -0.05) is 36.1 Å². The molecule has 106 valence electrons. The largest absolute Gasteiger partial charge is 0.496 e. The van der Waals surface area contributed by atoms with Crippen molar-refractivity contribution >= 4 is 5.97 Å². The molecule has 0 spiro atoms. The van der Waals surface area contributed by atoms with Crippen molar-refractivity contribution in [3.8, 4) is 17.6 Å². The molecule has 2 rings (SSSR count). The van der Waals surface area contributed by atoms with E-state index in [1.807, 2.05) is 43.3 Å². The van der Waals surface area contributed by atoms with Gasteiger partial charge in [0, 0.05) is 5.56 Å². The second-order valence-corrected chi connectivity index (χ2v) is 4.43. The molecule has 3 nitrogen and oxygen atoms in total. The Bertz CT molecular complexity index is 679. The molecule has 0 bridgehead atoms. The van der Waals surface area contributed by atoms with Gasteiger partial charge in [-0.05, 0) is 36.8 Å². The molecule has 0 atom stereocenters. The fraction of sp³-hybridized carbons (Fsp3) is 0.167. The number of hydrogen-bond acceptors (Lipinski definition) is 3. The summed E-state index contributed by atoms with van der Waals surface area (Å²) in [7, 11) is 1.57. The van der Waals surface area contributed by atoms with Crippen molar-refractivity contribution in [2.45, 2.75) is 6.92 Å². The van der Waals surface area contributed by atoms with E-state index in [4.69, 9.17) is 9.47 Å².